The zero-order valence-corrected chi connectivity index (χ0v) is 13.1. The highest BCUT2D eigenvalue weighted by Gasteiger charge is 2.07. The SMILES string of the molecule is CC(C)Oc1nc(N)nc(NCCCN(C)C(C)C)n1. The number of anilines is 2. The molecular weight excluding hydrogens is 256 g/mol. The normalized spacial score (nSPS) is 11.4. The molecular formula is C13H26N6O. The van der Waals surface area contributed by atoms with Crippen LogP contribution in [0.15, 0.2) is 0 Å². The third-order valence-electron chi connectivity index (χ3n) is 2.83. The second-order valence-corrected chi connectivity index (χ2v) is 5.32. The Balaban J connectivity index is 2.45. The average molecular weight is 282 g/mol. The van der Waals surface area contributed by atoms with Crippen LogP contribution in [0.4, 0.5) is 11.9 Å². The highest BCUT2D eigenvalue weighted by atomic mass is 16.5. The molecule has 1 aromatic heterocycles. The standard InChI is InChI=1S/C13H26N6O/c1-9(2)19(5)8-6-7-15-12-16-11(14)17-13(18-12)20-10(3)4/h9-10H,6-8H2,1-5H3,(H3,14,15,16,17,18). The second kappa shape index (κ2) is 7.84. The number of nitrogen functional groups attached to an aromatic ring is 1. The van der Waals surface area contributed by atoms with E-state index in [9.17, 15) is 0 Å². The van der Waals surface area contributed by atoms with Gasteiger partial charge in [-0.05, 0) is 47.7 Å². The molecule has 0 radical (unpaired) electrons. The first-order valence-electron chi connectivity index (χ1n) is 7.00. The highest BCUT2D eigenvalue weighted by molar-refractivity contribution is 5.32. The van der Waals surface area contributed by atoms with Crippen LogP contribution in [0, 0.1) is 0 Å². The van der Waals surface area contributed by atoms with Gasteiger partial charge in [0, 0.05) is 12.6 Å². The molecule has 7 nitrogen and oxygen atoms in total. The van der Waals surface area contributed by atoms with Gasteiger partial charge in [0.15, 0.2) is 0 Å². The monoisotopic (exact) mass is 282 g/mol. The number of hydrogen-bond donors (Lipinski definition) is 2. The van der Waals surface area contributed by atoms with Crippen molar-refractivity contribution in [3.05, 3.63) is 0 Å². The summed E-state index contributed by atoms with van der Waals surface area (Å²) in [7, 11) is 2.11. The van der Waals surface area contributed by atoms with Gasteiger partial charge in [0.1, 0.15) is 0 Å². The van der Waals surface area contributed by atoms with Crippen molar-refractivity contribution in [3.8, 4) is 6.01 Å². The van der Waals surface area contributed by atoms with E-state index in [-0.39, 0.29) is 18.1 Å². The van der Waals surface area contributed by atoms with Gasteiger partial charge in [0.25, 0.3) is 0 Å². The zero-order chi connectivity index (χ0) is 15.1. The molecule has 0 unspecified atom stereocenters. The van der Waals surface area contributed by atoms with E-state index in [4.69, 9.17) is 10.5 Å². The fourth-order valence-electron chi connectivity index (χ4n) is 1.50. The summed E-state index contributed by atoms with van der Waals surface area (Å²) in [6.45, 7) is 9.97. The number of hydrogen-bond acceptors (Lipinski definition) is 7. The van der Waals surface area contributed by atoms with E-state index in [1.54, 1.807) is 0 Å². The number of nitrogens with zero attached hydrogens (tertiary/aromatic N) is 4. The summed E-state index contributed by atoms with van der Waals surface area (Å²) in [6.07, 6.45) is 1.00. The Morgan fingerprint density at radius 3 is 2.50 bits per heavy atom. The number of rotatable bonds is 8. The van der Waals surface area contributed by atoms with Gasteiger partial charge in [-0.15, -0.1) is 0 Å². The molecule has 0 aliphatic carbocycles. The Morgan fingerprint density at radius 1 is 1.20 bits per heavy atom. The van der Waals surface area contributed by atoms with Gasteiger partial charge in [0.2, 0.25) is 11.9 Å². The highest BCUT2D eigenvalue weighted by Crippen LogP contribution is 2.10. The number of ether oxygens (including phenoxy) is 1. The summed E-state index contributed by atoms with van der Waals surface area (Å²) < 4.78 is 5.42. The van der Waals surface area contributed by atoms with Crippen molar-refractivity contribution >= 4 is 11.9 Å². The van der Waals surface area contributed by atoms with Crippen LogP contribution in [0.1, 0.15) is 34.1 Å². The van der Waals surface area contributed by atoms with Gasteiger partial charge >= 0.3 is 6.01 Å². The van der Waals surface area contributed by atoms with Crippen LogP contribution >= 0.6 is 0 Å². The van der Waals surface area contributed by atoms with Crippen molar-refractivity contribution in [1.82, 2.24) is 19.9 Å². The Bertz CT molecular complexity index is 410. The molecule has 0 spiro atoms. The summed E-state index contributed by atoms with van der Waals surface area (Å²) >= 11 is 0. The summed E-state index contributed by atoms with van der Waals surface area (Å²) in [4.78, 5) is 14.4. The quantitative estimate of drug-likeness (QED) is 0.696. The van der Waals surface area contributed by atoms with E-state index in [1.807, 2.05) is 13.8 Å². The van der Waals surface area contributed by atoms with E-state index in [0.29, 0.717) is 12.0 Å². The maximum atomic E-state index is 5.64. The van der Waals surface area contributed by atoms with Crippen LogP contribution in [0.5, 0.6) is 6.01 Å². The topological polar surface area (TPSA) is 89.2 Å². The van der Waals surface area contributed by atoms with Crippen molar-refractivity contribution in [2.45, 2.75) is 46.3 Å². The first-order chi connectivity index (χ1) is 9.38. The van der Waals surface area contributed by atoms with E-state index < -0.39 is 0 Å². The van der Waals surface area contributed by atoms with Crippen molar-refractivity contribution in [2.24, 2.45) is 0 Å². The maximum absolute atomic E-state index is 5.64. The Hall–Kier alpha value is -1.63. The lowest BCUT2D eigenvalue weighted by Gasteiger charge is -2.20. The smallest absolute Gasteiger partial charge is 0.323 e. The molecule has 0 amide bonds. The molecule has 20 heavy (non-hydrogen) atoms. The predicted molar refractivity (Wildman–Crippen MR) is 80.9 cm³/mol. The minimum absolute atomic E-state index is 0.00402. The summed E-state index contributed by atoms with van der Waals surface area (Å²) in [6, 6.07) is 0.808. The lowest BCUT2D eigenvalue weighted by Crippen LogP contribution is -2.28. The fraction of sp³-hybridized carbons (Fsp3) is 0.769. The van der Waals surface area contributed by atoms with Crippen LogP contribution < -0.4 is 15.8 Å². The number of nitrogens with two attached hydrogens (primary N) is 1. The van der Waals surface area contributed by atoms with E-state index in [0.717, 1.165) is 19.5 Å². The maximum Gasteiger partial charge on any atom is 0.323 e. The van der Waals surface area contributed by atoms with Gasteiger partial charge in [-0.2, -0.15) is 15.0 Å². The van der Waals surface area contributed by atoms with Gasteiger partial charge in [-0.3, -0.25) is 0 Å². The van der Waals surface area contributed by atoms with Crippen LogP contribution in [0.2, 0.25) is 0 Å². The van der Waals surface area contributed by atoms with Crippen LogP contribution in [-0.2, 0) is 0 Å². The Morgan fingerprint density at radius 2 is 1.90 bits per heavy atom. The Kier molecular flexibility index (Phi) is 6.44. The third-order valence-corrected chi connectivity index (χ3v) is 2.83. The van der Waals surface area contributed by atoms with E-state index in [1.165, 1.54) is 0 Å². The lowest BCUT2D eigenvalue weighted by molar-refractivity contribution is 0.222. The molecule has 0 saturated heterocycles. The summed E-state index contributed by atoms with van der Waals surface area (Å²) in [5.41, 5.74) is 5.64. The van der Waals surface area contributed by atoms with Crippen LogP contribution in [-0.4, -0.2) is 52.1 Å². The summed E-state index contributed by atoms with van der Waals surface area (Å²) in [5, 5.41) is 3.14. The molecule has 0 aromatic carbocycles. The molecule has 0 aliphatic heterocycles. The summed E-state index contributed by atoms with van der Waals surface area (Å²) in [5.74, 6) is 0.623. The second-order valence-electron chi connectivity index (χ2n) is 5.32. The van der Waals surface area contributed by atoms with Gasteiger partial charge in [0.05, 0.1) is 6.10 Å². The molecule has 1 rings (SSSR count). The molecule has 7 heteroatoms. The molecule has 0 fully saturated rings. The first-order valence-corrected chi connectivity index (χ1v) is 7.00. The molecule has 0 bridgehead atoms. The van der Waals surface area contributed by atoms with Crippen molar-refractivity contribution in [1.29, 1.82) is 0 Å². The molecule has 3 N–H and O–H groups in total. The largest absolute Gasteiger partial charge is 0.461 e. The molecule has 0 aliphatic rings. The molecule has 0 saturated carbocycles. The van der Waals surface area contributed by atoms with Gasteiger partial charge in [-0.25, -0.2) is 0 Å². The van der Waals surface area contributed by atoms with Crippen LogP contribution in [0.3, 0.4) is 0 Å². The Labute approximate surface area is 121 Å². The average Bonchev–Trinajstić information content (AvgIpc) is 2.32. The first kappa shape index (κ1) is 16.4. The lowest BCUT2D eigenvalue weighted by atomic mass is 10.3. The molecule has 0 atom stereocenters. The van der Waals surface area contributed by atoms with Crippen molar-refractivity contribution < 1.29 is 4.74 Å². The van der Waals surface area contributed by atoms with E-state index >= 15 is 0 Å². The number of nitrogens with one attached hydrogen (secondary N) is 1. The molecule has 114 valence electrons. The van der Waals surface area contributed by atoms with Gasteiger partial charge in [-0.1, -0.05) is 0 Å². The fourth-order valence-corrected chi connectivity index (χ4v) is 1.50. The third kappa shape index (κ3) is 6.01. The van der Waals surface area contributed by atoms with Crippen molar-refractivity contribution in [3.63, 3.8) is 0 Å². The van der Waals surface area contributed by atoms with E-state index in [2.05, 4.69) is 46.1 Å². The minimum atomic E-state index is 0.00402. The van der Waals surface area contributed by atoms with Crippen molar-refractivity contribution in [2.75, 3.05) is 31.2 Å². The van der Waals surface area contributed by atoms with Crippen LogP contribution in [0.25, 0.3) is 0 Å². The molecule has 1 aromatic rings. The predicted octanol–water partition coefficient (Wildman–Crippen LogP) is 1.38. The minimum Gasteiger partial charge on any atom is -0.461 e. The molecule has 1 heterocycles. The van der Waals surface area contributed by atoms with Gasteiger partial charge < -0.3 is 20.7 Å². The number of aromatic nitrogens is 3. The zero-order valence-electron chi connectivity index (χ0n) is 13.1.